The Morgan fingerprint density at radius 2 is 1.96 bits per heavy atom. The van der Waals surface area contributed by atoms with Crippen LogP contribution in [0.25, 0.3) is 0 Å². The SMILES string of the molecule is Cc1cc(C)n(Cc2ccc(C(=O)NC(C)(CN)C3CC3)cc2)n1.Cl. The van der Waals surface area contributed by atoms with Crippen LogP contribution in [0.1, 0.15) is 47.1 Å². The molecule has 1 amide bonds. The van der Waals surface area contributed by atoms with Gasteiger partial charge in [0.2, 0.25) is 0 Å². The van der Waals surface area contributed by atoms with E-state index < -0.39 is 0 Å². The number of amides is 1. The van der Waals surface area contributed by atoms with Gasteiger partial charge in [-0.25, -0.2) is 0 Å². The maximum Gasteiger partial charge on any atom is 0.251 e. The third-order valence-electron chi connectivity index (χ3n) is 4.95. The van der Waals surface area contributed by atoms with E-state index in [0.717, 1.165) is 29.8 Å². The molecule has 1 aromatic heterocycles. The van der Waals surface area contributed by atoms with Gasteiger partial charge in [-0.2, -0.15) is 5.10 Å². The molecule has 3 N–H and O–H groups in total. The second kappa shape index (κ2) is 7.58. The van der Waals surface area contributed by atoms with Crippen LogP contribution < -0.4 is 11.1 Å². The molecule has 0 saturated heterocycles. The molecule has 1 atom stereocenters. The summed E-state index contributed by atoms with van der Waals surface area (Å²) in [6.45, 7) is 7.27. The summed E-state index contributed by atoms with van der Waals surface area (Å²) in [6.07, 6.45) is 2.30. The smallest absolute Gasteiger partial charge is 0.251 e. The van der Waals surface area contributed by atoms with Crippen LogP contribution in [0.2, 0.25) is 0 Å². The van der Waals surface area contributed by atoms with E-state index in [0.29, 0.717) is 24.6 Å². The minimum absolute atomic E-state index is 0. The molecule has 25 heavy (non-hydrogen) atoms. The summed E-state index contributed by atoms with van der Waals surface area (Å²) >= 11 is 0. The van der Waals surface area contributed by atoms with Crippen molar-refractivity contribution in [3.8, 4) is 0 Å². The van der Waals surface area contributed by atoms with Crippen molar-refractivity contribution >= 4 is 18.3 Å². The van der Waals surface area contributed by atoms with Crippen LogP contribution in [-0.4, -0.2) is 27.8 Å². The number of nitrogens with two attached hydrogens (primary N) is 1. The maximum absolute atomic E-state index is 12.5. The lowest BCUT2D eigenvalue weighted by Gasteiger charge is -2.29. The normalized spacial score (nSPS) is 16.0. The first kappa shape index (κ1) is 19.5. The van der Waals surface area contributed by atoms with Crippen molar-refractivity contribution in [2.75, 3.05) is 6.54 Å². The van der Waals surface area contributed by atoms with E-state index in [4.69, 9.17) is 5.73 Å². The molecule has 3 rings (SSSR count). The summed E-state index contributed by atoms with van der Waals surface area (Å²) < 4.78 is 1.98. The fourth-order valence-corrected chi connectivity index (χ4v) is 3.14. The van der Waals surface area contributed by atoms with Gasteiger partial charge in [-0.3, -0.25) is 9.48 Å². The van der Waals surface area contributed by atoms with Crippen LogP contribution >= 0.6 is 12.4 Å². The molecule has 1 heterocycles. The van der Waals surface area contributed by atoms with Crippen LogP contribution in [0.15, 0.2) is 30.3 Å². The summed E-state index contributed by atoms with van der Waals surface area (Å²) in [5.41, 5.74) is 9.54. The third kappa shape index (κ3) is 4.41. The van der Waals surface area contributed by atoms with Gasteiger partial charge in [0.1, 0.15) is 0 Å². The zero-order chi connectivity index (χ0) is 17.3. The van der Waals surface area contributed by atoms with E-state index in [9.17, 15) is 4.79 Å². The van der Waals surface area contributed by atoms with Crippen LogP contribution in [-0.2, 0) is 6.54 Å². The standard InChI is InChI=1S/C19H26N4O.ClH/c1-13-10-14(2)23(22-13)11-15-4-6-16(7-5-15)18(24)21-19(3,12-20)17-8-9-17;/h4-7,10,17H,8-9,11-12,20H2,1-3H3,(H,21,24);1H. The summed E-state index contributed by atoms with van der Waals surface area (Å²) in [5, 5.41) is 7.59. The first-order valence-electron chi connectivity index (χ1n) is 8.54. The van der Waals surface area contributed by atoms with E-state index in [1.165, 1.54) is 0 Å². The highest BCUT2D eigenvalue weighted by molar-refractivity contribution is 5.94. The molecule has 1 aliphatic rings. The maximum atomic E-state index is 12.5. The van der Waals surface area contributed by atoms with Crippen LogP contribution in [0, 0.1) is 19.8 Å². The van der Waals surface area contributed by atoms with Gasteiger partial charge in [-0.1, -0.05) is 12.1 Å². The number of hydrogen-bond acceptors (Lipinski definition) is 3. The molecule has 1 aliphatic carbocycles. The molecule has 0 spiro atoms. The molecule has 6 heteroatoms. The van der Waals surface area contributed by atoms with Crippen molar-refractivity contribution in [3.63, 3.8) is 0 Å². The molecule has 1 saturated carbocycles. The lowest BCUT2D eigenvalue weighted by molar-refractivity contribution is 0.0898. The Morgan fingerprint density at radius 1 is 1.32 bits per heavy atom. The number of carbonyl (C=O) groups excluding carboxylic acids is 1. The molecule has 5 nitrogen and oxygen atoms in total. The molecule has 1 fully saturated rings. The van der Waals surface area contributed by atoms with Gasteiger partial charge in [0, 0.05) is 17.8 Å². The minimum Gasteiger partial charge on any atom is -0.345 e. The van der Waals surface area contributed by atoms with Crippen molar-refractivity contribution in [1.29, 1.82) is 0 Å². The summed E-state index contributed by atoms with van der Waals surface area (Å²) in [4.78, 5) is 12.5. The van der Waals surface area contributed by atoms with E-state index in [-0.39, 0.29) is 23.9 Å². The van der Waals surface area contributed by atoms with Crippen molar-refractivity contribution in [3.05, 3.63) is 52.8 Å². The van der Waals surface area contributed by atoms with Gasteiger partial charge in [-0.05, 0) is 63.3 Å². The van der Waals surface area contributed by atoms with Crippen LogP contribution in [0.5, 0.6) is 0 Å². The lowest BCUT2D eigenvalue weighted by Crippen LogP contribution is -2.53. The van der Waals surface area contributed by atoms with E-state index >= 15 is 0 Å². The molecular formula is C19H27ClN4O. The third-order valence-corrected chi connectivity index (χ3v) is 4.95. The van der Waals surface area contributed by atoms with E-state index in [1.807, 2.05) is 49.7 Å². The zero-order valence-corrected chi connectivity index (χ0v) is 15.9. The van der Waals surface area contributed by atoms with Gasteiger partial charge in [0.15, 0.2) is 0 Å². The average molecular weight is 363 g/mol. The minimum atomic E-state index is -0.292. The molecule has 136 valence electrons. The fourth-order valence-electron chi connectivity index (χ4n) is 3.14. The first-order chi connectivity index (χ1) is 11.4. The highest BCUT2D eigenvalue weighted by Gasteiger charge is 2.41. The fraction of sp³-hybridized carbons (Fsp3) is 0.474. The number of benzene rings is 1. The Kier molecular flexibility index (Phi) is 5.91. The second-order valence-electron chi connectivity index (χ2n) is 7.13. The summed E-state index contributed by atoms with van der Waals surface area (Å²) in [7, 11) is 0. The Bertz CT molecular complexity index is 736. The molecular weight excluding hydrogens is 336 g/mol. The molecule has 2 aromatic rings. The average Bonchev–Trinajstić information content (AvgIpc) is 3.35. The number of aryl methyl sites for hydroxylation is 2. The monoisotopic (exact) mass is 362 g/mol. The Labute approximate surface area is 155 Å². The molecule has 0 radical (unpaired) electrons. The number of rotatable bonds is 6. The van der Waals surface area contributed by atoms with Gasteiger partial charge < -0.3 is 11.1 Å². The van der Waals surface area contributed by atoms with Gasteiger partial charge in [-0.15, -0.1) is 12.4 Å². The predicted molar refractivity (Wildman–Crippen MR) is 102 cm³/mol. The van der Waals surface area contributed by atoms with Crippen molar-refractivity contribution in [1.82, 2.24) is 15.1 Å². The molecule has 0 bridgehead atoms. The number of halogens is 1. The number of nitrogens with one attached hydrogen (secondary N) is 1. The highest BCUT2D eigenvalue weighted by Crippen LogP contribution is 2.39. The topological polar surface area (TPSA) is 72.9 Å². The molecule has 1 unspecified atom stereocenters. The summed E-state index contributed by atoms with van der Waals surface area (Å²) in [6, 6.07) is 9.79. The Morgan fingerprint density at radius 3 is 2.44 bits per heavy atom. The Hall–Kier alpha value is -1.85. The largest absolute Gasteiger partial charge is 0.345 e. The number of aromatic nitrogens is 2. The number of nitrogens with zero attached hydrogens (tertiary/aromatic N) is 2. The van der Waals surface area contributed by atoms with Gasteiger partial charge in [0.05, 0.1) is 17.8 Å². The van der Waals surface area contributed by atoms with Gasteiger partial charge >= 0.3 is 0 Å². The molecule has 0 aliphatic heterocycles. The second-order valence-corrected chi connectivity index (χ2v) is 7.13. The Balaban J connectivity index is 0.00000225. The lowest BCUT2D eigenvalue weighted by atomic mass is 9.95. The predicted octanol–water partition coefficient (Wildman–Crippen LogP) is 2.83. The number of carbonyl (C=O) groups is 1. The molecule has 1 aromatic carbocycles. The van der Waals surface area contributed by atoms with Crippen molar-refractivity contribution < 1.29 is 4.79 Å². The summed E-state index contributed by atoms with van der Waals surface area (Å²) in [5.74, 6) is 0.462. The zero-order valence-electron chi connectivity index (χ0n) is 15.1. The van der Waals surface area contributed by atoms with E-state index in [2.05, 4.69) is 16.5 Å². The van der Waals surface area contributed by atoms with Crippen molar-refractivity contribution in [2.45, 2.75) is 45.7 Å². The number of hydrogen-bond donors (Lipinski definition) is 2. The van der Waals surface area contributed by atoms with Crippen molar-refractivity contribution in [2.24, 2.45) is 11.7 Å². The van der Waals surface area contributed by atoms with Crippen LogP contribution in [0.4, 0.5) is 0 Å². The highest BCUT2D eigenvalue weighted by atomic mass is 35.5. The van der Waals surface area contributed by atoms with E-state index in [1.54, 1.807) is 0 Å². The van der Waals surface area contributed by atoms with Crippen LogP contribution in [0.3, 0.4) is 0 Å². The quantitative estimate of drug-likeness (QED) is 0.829. The van der Waals surface area contributed by atoms with Gasteiger partial charge in [0.25, 0.3) is 5.91 Å². The first-order valence-corrected chi connectivity index (χ1v) is 8.54.